The van der Waals surface area contributed by atoms with Crippen LogP contribution in [0.1, 0.15) is 64.6 Å². The van der Waals surface area contributed by atoms with Crippen molar-refractivity contribution in [2.45, 2.75) is 59.0 Å². The summed E-state index contributed by atoms with van der Waals surface area (Å²) in [6.45, 7) is 7.27. The fourth-order valence-corrected chi connectivity index (χ4v) is 5.55. The number of unbranched alkanes of at least 4 members (excludes halogenated alkanes) is 2. The average molecular weight is 539 g/mol. The zero-order chi connectivity index (χ0) is 27.2. The molecule has 1 atom stereocenters. The third kappa shape index (κ3) is 5.75. The lowest BCUT2D eigenvalue weighted by molar-refractivity contribution is -0.129. The van der Waals surface area contributed by atoms with Gasteiger partial charge in [0.25, 0.3) is 5.91 Å². The number of aliphatic hydroxyl groups is 1. The minimum Gasteiger partial charge on any atom is -0.503 e. The minimum absolute atomic E-state index is 0.0584. The number of aryl methyl sites for hydroxylation is 3. The van der Waals surface area contributed by atoms with Crippen LogP contribution in [0.5, 0.6) is 11.5 Å². The van der Waals surface area contributed by atoms with E-state index >= 15 is 0 Å². The Morgan fingerprint density at radius 3 is 2.63 bits per heavy atom. The Hall–Kier alpha value is -3.66. The highest BCUT2D eigenvalue weighted by Crippen LogP contribution is 2.42. The molecule has 1 amide bonds. The molecule has 3 aromatic rings. The number of rotatable bonds is 13. The molecule has 38 heavy (non-hydrogen) atoms. The van der Waals surface area contributed by atoms with E-state index < -0.39 is 17.7 Å². The summed E-state index contributed by atoms with van der Waals surface area (Å²) in [5.74, 6) is -0.375. The lowest BCUT2D eigenvalue weighted by atomic mass is 9.94. The lowest BCUT2D eigenvalue weighted by Crippen LogP contribution is -2.32. The van der Waals surface area contributed by atoms with Gasteiger partial charge in [-0.15, -0.1) is 11.3 Å². The number of methoxy groups -OCH3 is 1. The quantitative estimate of drug-likeness (QED) is 0.235. The molecule has 202 valence electrons. The third-order valence-electron chi connectivity index (χ3n) is 6.54. The summed E-state index contributed by atoms with van der Waals surface area (Å²) in [5, 5.41) is 11.7. The zero-order valence-corrected chi connectivity index (χ0v) is 23.1. The molecule has 0 saturated carbocycles. The summed E-state index contributed by atoms with van der Waals surface area (Å²) in [7, 11) is 1.56. The van der Waals surface area contributed by atoms with Gasteiger partial charge in [-0.1, -0.05) is 25.8 Å². The second-order valence-electron chi connectivity index (χ2n) is 9.26. The van der Waals surface area contributed by atoms with Gasteiger partial charge in [-0.05, 0) is 44.4 Å². The number of imidazole rings is 1. The highest BCUT2D eigenvalue weighted by molar-refractivity contribution is 7.14. The topological polar surface area (TPSA) is 107 Å². The van der Waals surface area contributed by atoms with E-state index in [9.17, 15) is 14.7 Å². The second-order valence-corrected chi connectivity index (χ2v) is 10.5. The number of Topliss-reactive ketones (excluding diaryl/α,β-unsaturated/α-hetero) is 1. The van der Waals surface area contributed by atoms with Crippen LogP contribution in [-0.2, 0) is 11.3 Å². The average Bonchev–Trinajstić information content (AvgIpc) is 3.61. The monoisotopic (exact) mass is 538 g/mol. The van der Waals surface area contributed by atoms with Crippen LogP contribution in [0.4, 0.5) is 0 Å². The number of benzene rings is 1. The molecule has 2 aromatic heterocycles. The number of aromatic nitrogens is 3. The third-order valence-corrected chi connectivity index (χ3v) is 7.61. The van der Waals surface area contributed by atoms with Crippen LogP contribution in [-0.4, -0.2) is 56.5 Å². The Kier molecular flexibility index (Phi) is 8.83. The Labute approximate surface area is 226 Å². The maximum absolute atomic E-state index is 13.8. The fourth-order valence-electron chi connectivity index (χ4n) is 4.68. The molecule has 1 unspecified atom stereocenters. The molecule has 3 heterocycles. The van der Waals surface area contributed by atoms with Gasteiger partial charge in [0.15, 0.2) is 17.3 Å². The van der Waals surface area contributed by atoms with E-state index in [2.05, 4.69) is 16.9 Å². The van der Waals surface area contributed by atoms with Crippen molar-refractivity contribution in [1.82, 2.24) is 19.4 Å². The first-order valence-corrected chi connectivity index (χ1v) is 13.7. The number of amides is 1. The van der Waals surface area contributed by atoms with Crippen molar-refractivity contribution in [2.24, 2.45) is 0 Å². The SMILES string of the molecule is CCCCCOc1ccc(C2C(C(=O)c3sc(C)nc3C)=C(O)C(=O)N2CCCn2ccnc2)cc1OC. The van der Waals surface area contributed by atoms with Crippen molar-refractivity contribution in [3.63, 3.8) is 0 Å². The summed E-state index contributed by atoms with van der Waals surface area (Å²) in [4.78, 5) is 37.5. The van der Waals surface area contributed by atoms with Crippen LogP contribution in [0.2, 0.25) is 0 Å². The molecule has 1 aliphatic rings. The van der Waals surface area contributed by atoms with Crippen molar-refractivity contribution >= 4 is 23.0 Å². The number of hydrogen-bond donors (Lipinski definition) is 1. The van der Waals surface area contributed by atoms with Crippen LogP contribution in [0, 0.1) is 13.8 Å². The van der Waals surface area contributed by atoms with Crippen molar-refractivity contribution in [2.75, 3.05) is 20.3 Å². The van der Waals surface area contributed by atoms with E-state index in [1.807, 2.05) is 23.8 Å². The number of nitrogens with zero attached hydrogens (tertiary/aromatic N) is 4. The van der Waals surface area contributed by atoms with Crippen LogP contribution >= 0.6 is 11.3 Å². The van der Waals surface area contributed by atoms with E-state index in [1.165, 1.54) is 11.3 Å². The van der Waals surface area contributed by atoms with Gasteiger partial charge >= 0.3 is 0 Å². The number of ether oxygens (including phenoxy) is 2. The number of carbonyl (C=O) groups excluding carboxylic acids is 2. The van der Waals surface area contributed by atoms with Gasteiger partial charge in [0, 0.05) is 25.5 Å². The maximum atomic E-state index is 13.8. The van der Waals surface area contributed by atoms with Crippen molar-refractivity contribution in [3.05, 3.63) is 69.4 Å². The molecular formula is C28H34N4O5S. The van der Waals surface area contributed by atoms with Crippen molar-refractivity contribution < 1.29 is 24.2 Å². The molecule has 1 aliphatic heterocycles. The van der Waals surface area contributed by atoms with E-state index in [0.29, 0.717) is 53.8 Å². The number of aliphatic hydroxyl groups excluding tert-OH is 1. The minimum atomic E-state index is -0.775. The largest absolute Gasteiger partial charge is 0.503 e. The molecule has 4 rings (SSSR count). The van der Waals surface area contributed by atoms with Crippen molar-refractivity contribution in [1.29, 1.82) is 0 Å². The van der Waals surface area contributed by atoms with E-state index in [0.717, 1.165) is 24.3 Å². The van der Waals surface area contributed by atoms with E-state index in [-0.39, 0.29) is 11.4 Å². The highest BCUT2D eigenvalue weighted by atomic mass is 32.1. The Morgan fingerprint density at radius 1 is 1.16 bits per heavy atom. The molecule has 0 aliphatic carbocycles. The van der Waals surface area contributed by atoms with Crippen molar-refractivity contribution in [3.8, 4) is 11.5 Å². The van der Waals surface area contributed by atoms with Gasteiger partial charge in [0.05, 0.1) is 47.2 Å². The van der Waals surface area contributed by atoms with Gasteiger partial charge < -0.3 is 24.0 Å². The summed E-state index contributed by atoms with van der Waals surface area (Å²) >= 11 is 1.26. The first kappa shape index (κ1) is 27.4. The second kappa shape index (κ2) is 12.3. The lowest BCUT2D eigenvalue weighted by Gasteiger charge is -2.27. The molecule has 0 bridgehead atoms. The van der Waals surface area contributed by atoms with Gasteiger partial charge in [0.1, 0.15) is 0 Å². The Morgan fingerprint density at radius 2 is 1.97 bits per heavy atom. The Balaban J connectivity index is 1.68. The molecule has 0 spiro atoms. The molecule has 9 nitrogen and oxygen atoms in total. The standard InChI is InChI=1S/C28H34N4O5S/c1-5-6-7-15-37-21-10-9-20(16-22(21)36-4)24-23(25(33)27-18(2)30-19(3)38-27)26(34)28(35)32(24)13-8-12-31-14-11-29-17-31/h9-11,14,16-17,24,34H,5-8,12-13,15H2,1-4H3. The normalized spacial score (nSPS) is 15.4. The first-order valence-electron chi connectivity index (χ1n) is 12.8. The van der Waals surface area contributed by atoms with Gasteiger partial charge in [-0.2, -0.15) is 0 Å². The van der Waals surface area contributed by atoms with Gasteiger partial charge in [-0.25, -0.2) is 9.97 Å². The van der Waals surface area contributed by atoms with E-state index in [1.54, 1.807) is 43.6 Å². The maximum Gasteiger partial charge on any atom is 0.290 e. The summed E-state index contributed by atoms with van der Waals surface area (Å²) < 4.78 is 13.5. The van der Waals surface area contributed by atoms with Crippen LogP contribution in [0.15, 0.2) is 48.3 Å². The summed E-state index contributed by atoms with van der Waals surface area (Å²) in [6.07, 6.45) is 8.99. The summed E-state index contributed by atoms with van der Waals surface area (Å²) in [6, 6.07) is 4.64. The highest BCUT2D eigenvalue weighted by Gasteiger charge is 2.44. The number of ketones is 1. The molecule has 1 aromatic carbocycles. The molecule has 1 N–H and O–H groups in total. The van der Waals surface area contributed by atoms with Crippen LogP contribution in [0.3, 0.4) is 0 Å². The van der Waals surface area contributed by atoms with Crippen LogP contribution < -0.4 is 9.47 Å². The molecule has 0 saturated heterocycles. The molecule has 10 heteroatoms. The van der Waals surface area contributed by atoms with Crippen LogP contribution in [0.25, 0.3) is 0 Å². The summed E-state index contributed by atoms with van der Waals surface area (Å²) in [5.41, 5.74) is 1.30. The first-order chi connectivity index (χ1) is 18.3. The molecule has 0 fully saturated rings. The predicted molar refractivity (Wildman–Crippen MR) is 145 cm³/mol. The molecule has 0 radical (unpaired) electrons. The Bertz CT molecular complexity index is 1310. The molecular weight excluding hydrogens is 504 g/mol. The number of carbonyl (C=O) groups is 2. The van der Waals surface area contributed by atoms with E-state index in [4.69, 9.17) is 9.47 Å². The smallest absolute Gasteiger partial charge is 0.290 e. The number of thiazole rings is 1. The zero-order valence-electron chi connectivity index (χ0n) is 22.3. The fraction of sp³-hybridized carbons (Fsp3) is 0.429. The van der Waals surface area contributed by atoms with Gasteiger partial charge in [0.2, 0.25) is 5.78 Å². The number of hydrogen-bond acceptors (Lipinski definition) is 8. The predicted octanol–water partition coefficient (Wildman–Crippen LogP) is 5.20. The van der Waals surface area contributed by atoms with Gasteiger partial charge in [-0.3, -0.25) is 9.59 Å².